The van der Waals surface area contributed by atoms with Crippen molar-refractivity contribution in [3.63, 3.8) is 0 Å². The average Bonchev–Trinajstić information content (AvgIpc) is 2.75. The van der Waals surface area contributed by atoms with Crippen LogP contribution < -0.4 is 5.32 Å². The molecule has 0 fully saturated rings. The average molecular weight is 292 g/mol. The normalized spacial score (nSPS) is 14.7. The summed E-state index contributed by atoms with van der Waals surface area (Å²) in [5.41, 5.74) is -3.34. The standard InChI is InChI=1S/C12H15F3N2O3/c1-3-6-17-7-4-5-8(17)9(18)16-11(2,10(19)20)12(13,14)15/h4-5,7H,3,6H2,1-2H3,(H,16,18)(H,19,20). The van der Waals surface area contributed by atoms with Gasteiger partial charge in [0.05, 0.1) is 0 Å². The number of aliphatic carboxylic acids is 1. The summed E-state index contributed by atoms with van der Waals surface area (Å²) < 4.78 is 39.9. The number of amides is 1. The summed E-state index contributed by atoms with van der Waals surface area (Å²) in [6.45, 7) is 2.71. The van der Waals surface area contributed by atoms with Crippen LogP contribution in [-0.4, -0.2) is 33.3 Å². The topological polar surface area (TPSA) is 71.3 Å². The molecule has 112 valence electrons. The maximum absolute atomic E-state index is 12.8. The number of halogens is 3. The zero-order valence-corrected chi connectivity index (χ0v) is 11.0. The van der Waals surface area contributed by atoms with E-state index >= 15 is 0 Å². The molecule has 1 heterocycles. The lowest BCUT2D eigenvalue weighted by Gasteiger charge is -2.28. The highest BCUT2D eigenvalue weighted by Gasteiger charge is 2.58. The van der Waals surface area contributed by atoms with Gasteiger partial charge in [-0.25, -0.2) is 4.79 Å². The van der Waals surface area contributed by atoms with Crippen LogP contribution in [0.1, 0.15) is 30.8 Å². The number of hydrogen-bond acceptors (Lipinski definition) is 2. The van der Waals surface area contributed by atoms with Gasteiger partial charge in [-0.05, 0) is 25.5 Å². The molecule has 0 aliphatic carbocycles. The quantitative estimate of drug-likeness (QED) is 0.872. The van der Waals surface area contributed by atoms with Crippen molar-refractivity contribution in [2.24, 2.45) is 0 Å². The van der Waals surface area contributed by atoms with E-state index in [1.165, 1.54) is 16.7 Å². The molecule has 1 aromatic heterocycles. The lowest BCUT2D eigenvalue weighted by Crippen LogP contribution is -2.62. The molecule has 5 nitrogen and oxygen atoms in total. The van der Waals surface area contributed by atoms with Crippen LogP contribution in [0.2, 0.25) is 0 Å². The van der Waals surface area contributed by atoms with E-state index < -0.39 is 23.6 Å². The van der Waals surface area contributed by atoms with Crippen molar-refractivity contribution in [2.45, 2.75) is 38.5 Å². The van der Waals surface area contributed by atoms with Crippen molar-refractivity contribution >= 4 is 11.9 Å². The van der Waals surface area contributed by atoms with Crippen LogP contribution in [0, 0.1) is 0 Å². The molecule has 8 heteroatoms. The minimum Gasteiger partial charge on any atom is -0.479 e. The second-order valence-corrected chi connectivity index (χ2v) is 4.47. The number of nitrogens with zero attached hydrogens (tertiary/aromatic N) is 1. The van der Waals surface area contributed by atoms with E-state index in [0.717, 1.165) is 0 Å². The Balaban J connectivity index is 3.04. The van der Waals surface area contributed by atoms with Gasteiger partial charge in [-0.15, -0.1) is 0 Å². The molecule has 0 saturated heterocycles. The van der Waals surface area contributed by atoms with Gasteiger partial charge in [-0.3, -0.25) is 4.79 Å². The molecular formula is C12H15F3N2O3. The molecule has 0 aliphatic heterocycles. The monoisotopic (exact) mass is 292 g/mol. The van der Waals surface area contributed by atoms with Crippen molar-refractivity contribution in [2.75, 3.05) is 0 Å². The number of carbonyl (C=O) groups is 2. The van der Waals surface area contributed by atoms with E-state index in [1.54, 1.807) is 11.5 Å². The first kappa shape index (κ1) is 16.1. The molecule has 0 saturated carbocycles. The summed E-state index contributed by atoms with van der Waals surface area (Å²) in [4.78, 5) is 22.7. The van der Waals surface area contributed by atoms with E-state index in [1.807, 2.05) is 6.92 Å². The number of alkyl halides is 3. The van der Waals surface area contributed by atoms with Gasteiger partial charge in [-0.1, -0.05) is 6.92 Å². The number of carboxylic acids is 1. The summed E-state index contributed by atoms with van der Waals surface area (Å²) in [7, 11) is 0. The third kappa shape index (κ3) is 2.94. The number of rotatable bonds is 5. The van der Waals surface area contributed by atoms with Crippen molar-refractivity contribution in [1.29, 1.82) is 0 Å². The number of carbonyl (C=O) groups excluding carboxylic acids is 1. The van der Waals surface area contributed by atoms with Crippen LogP contribution >= 0.6 is 0 Å². The molecule has 2 N–H and O–H groups in total. The predicted octanol–water partition coefficient (Wildman–Crippen LogP) is 2.03. The van der Waals surface area contributed by atoms with Crippen LogP contribution in [0.3, 0.4) is 0 Å². The Hall–Kier alpha value is -1.99. The molecule has 0 radical (unpaired) electrons. The maximum atomic E-state index is 12.8. The molecular weight excluding hydrogens is 277 g/mol. The van der Waals surface area contributed by atoms with Gasteiger partial charge in [0, 0.05) is 12.7 Å². The second-order valence-electron chi connectivity index (χ2n) is 4.47. The van der Waals surface area contributed by atoms with Crippen molar-refractivity contribution in [3.05, 3.63) is 24.0 Å². The maximum Gasteiger partial charge on any atom is 0.422 e. The van der Waals surface area contributed by atoms with E-state index in [9.17, 15) is 22.8 Å². The van der Waals surface area contributed by atoms with E-state index in [-0.39, 0.29) is 5.69 Å². The summed E-state index contributed by atoms with van der Waals surface area (Å²) in [6, 6.07) is 2.85. The smallest absolute Gasteiger partial charge is 0.422 e. The van der Waals surface area contributed by atoms with Gasteiger partial charge < -0.3 is 15.0 Å². The van der Waals surface area contributed by atoms with E-state index in [0.29, 0.717) is 19.9 Å². The Bertz CT molecular complexity index is 510. The zero-order valence-electron chi connectivity index (χ0n) is 11.0. The Morgan fingerprint density at radius 1 is 1.40 bits per heavy atom. The number of nitrogens with one attached hydrogen (secondary N) is 1. The molecule has 1 unspecified atom stereocenters. The first-order valence-corrected chi connectivity index (χ1v) is 5.91. The van der Waals surface area contributed by atoms with Gasteiger partial charge in [0.1, 0.15) is 5.69 Å². The third-order valence-electron chi connectivity index (χ3n) is 2.88. The van der Waals surface area contributed by atoms with Crippen LogP contribution in [0.4, 0.5) is 13.2 Å². The molecule has 20 heavy (non-hydrogen) atoms. The van der Waals surface area contributed by atoms with Gasteiger partial charge in [0.25, 0.3) is 5.91 Å². The number of aryl methyl sites for hydroxylation is 1. The van der Waals surface area contributed by atoms with Crippen LogP contribution in [0.5, 0.6) is 0 Å². The number of aromatic nitrogens is 1. The van der Waals surface area contributed by atoms with Crippen molar-refractivity contribution < 1.29 is 27.9 Å². The summed E-state index contributed by atoms with van der Waals surface area (Å²) >= 11 is 0. The van der Waals surface area contributed by atoms with Crippen molar-refractivity contribution in [3.8, 4) is 0 Å². The predicted molar refractivity (Wildman–Crippen MR) is 64.3 cm³/mol. The first-order chi connectivity index (χ1) is 9.13. The molecule has 0 aromatic carbocycles. The zero-order chi connectivity index (χ0) is 15.6. The van der Waals surface area contributed by atoms with Gasteiger partial charge in [0.2, 0.25) is 5.54 Å². The van der Waals surface area contributed by atoms with Gasteiger partial charge >= 0.3 is 12.1 Å². The molecule has 1 atom stereocenters. The van der Waals surface area contributed by atoms with E-state index in [2.05, 4.69) is 0 Å². The summed E-state index contributed by atoms with van der Waals surface area (Å²) in [5, 5.41) is 10.3. The number of carboxylic acid groups (broad SMARTS) is 1. The first-order valence-electron chi connectivity index (χ1n) is 5.91. The molecule has 1 aromatic rings. The fourth-order valence-electron chi connectivity index (χ4n) is 1.59. The Morgan fingerprint density at radius 3 is 2.45 bits per heavy atom. The Morgan fingerprint density at radius 2 is 2.00 bits per heavy atom. The third-order valence-corrected chi connectivity index (χ3v) is 2.88. The van der Waals surface area contributed by atoms with Crippen LogP contribution in [-0.2, 0) is 11.3 Å². The molecule has 0 spiro atoms. The summed E-state index contributed by atoms with van der Waals surface area (Å²) in [5.74, 6) is -3.24. The van der Waals surface area contributed by atoms with Gasteiger partial charge in [-0.2, -0.15) is 13.2 Å². The largest absolute Gasteiger partial charge is 0.479 e. The fourth-order valence-corrected chi connectivity index (χ4v) is 1.59. The van der Waals surface area contributed by atoms with Gasteiger partial charge in [0.15, 0.2) is 0 Å². The molecule has 0 bridgehead atoms. The Labute approximate surface area is 113 Å². The fraction of sp³-hybridized carbons (Fsp3) is 0.500. The molecule has 0 aliphatic rings. The SMILES string of the molecule is CCCn1cccc1C(=O)NC(C)(C(=O)O)C(F)(F)F. The van der Waals surface area contributed by atoms with Crippen LogP contribution in [0.15, 0.2) is 18.3 Å². The lowest BCUT2D eigenvalue weighted by atomic mass is 10.0. The molecule has 1 amide bonds. The lowest BCUT2D eigenvalue weighted by molar-refractivity contribution is -0.203. The second kappa shape index (κ2) is 5.56. The summed E-state index contributed by atoms with van der Waals surface area (Å²) in [6.07, 6.45) is -2.87. The van der Waals surface area contributed by atoms with Crippen molar-refractivity contribution in [1.82, 2.24) is 9.88 Å². The minimum absolute atomic E-state index is 0.0106. The van der Waals surface area contributed by atoms with E-state index in [4.69, 9.17) is 5.11 Å². The highest BCUT2D eigenvalue weighted by Crippen LogP contribution is 2.30. The Kier molecular flexibility index (Phi) is 4.46. The number of hydrogen-bond donors (Lipinski definition) is 2. The minimum atomic E-state index is -5.10. The molecule has 1 rings (SSSR count). The highest BCUT2D eigenvalue weighted by molar-refractivity contribution is 5.97. The highest BCUT2D eigenvalue weighted by atomic mass is 19.4. The van der Waals surface area contributed by atoms with Crippen LogP contribution in [0.25, 0.3) is 0 Å².